The van der Waals surface area contributed by atoms with Crippen molar-refractivity contribution in [2.45, 2.75) is 29.6 Å². The summed E-state index contributed by atoms with van der Waals surface area (Å²) in [4.78, 5) is 2.56. The largest absolute Gasteiger partial charge is 0.353 e. The maximum atomic E-state index is 3.62. The highest BCUT2D eigenvalue weighted by Crippen LogP contribution is 2.47. The van der Waals surface area contributed by atoms with E-state index in [1.165, 1.54) is 26.7 Å². The second kappa shape index (κ2) is 5.51. The third kappa shape index (κ3) is 2.71. The quantitative estimate of drug-likeness (QED) is 0.537. The fraction of sp³-hybridized carbons (Fsp3) is 0.200. The molecule has 2 aromatic rings. The lowest BCUT2D eigenvalue weighted by atomic mass is 10.1. The lowest BCUT2D eigenvalue weighted by molar-refractivity contribution is 0.918. The Labute approximate surface area is 134 Å². The van der Waals surface area contributed by atoms with Crippen LogP contribution < -0.4 is 5.32 Å². The molecule has 0 radical (unpaired) electrons. The van der Waals surface area contributed by atoms with Crippen molar-refractivity contribution in [3.8, 4) is 0 Å². The van der Waals surface area contributed by atoms with Crippen molar-refractivity contribution in [2.24, 2.45) is 0 Å². The van der Waals surface area contributed by atoms with Gasteiger partial charge < -0.3 is 5.32 Å². The molecular formula is C15H13Br2NS. The summed E-state index contributed by atoms with van der Waals surface area (Å²) in [6.07, 6.45) is 2.25. The molecule has 4 heteroatoms. The minimum absolute atomic E-state index is 1.10. The number of hydrogen-bond acceptors (Lipinski definition) is 2. The van der Waals surface area contributed by atoms with Crippen molar-refractivity contribution in [1.29, 1.82) is 0 Å². The molecule has 0 saturated heterocycles. The zero-order valence-corrected chi connectivity index (χ0v) is 14.5. The Morgan fingerprint density at radius 3 is 2.63 bits per heavy atom. The molecule has 3 rings (SSSR count). The summed E-state index contributed by atoms with van der Waals surface area (Å²) in [5.41, 5.74) is 3.85. The molecule has 0 atom stereocenters. The molecule has 2 aromatic carbocycles. The molecular weight excluding hydrogens is 386 g/mol. The van der Waals surface area contributed by atoms with Gasteiger partial charge in [-0.2, -0.15) is 0 Å². The van der Waals surface area contributed by atoms with Gasteiger partial charge in [0, 0.05) is 18.7 Å². The van der Waals surface area contributed by atoms with Crippen molar-refractivity contribution in [1.82, 2.24) is 0 Å². The molecule has 0 spiro atoms. The van der Waals surface area contributed by atoms with Gasteiger partial charge in [0.05, 0.1) is 11.4 Å². The summed E-state index contributed by atoms with van der Waals surface area (Å²) in [5.74, 6) is 0. The molecule has 1 aliphatic heterocycles. The van der Waals surface area contributed by atoms with E-state index in [9.17, 15) is 0 Å². The Balaban J connectivity index is 2.08. The number of hydrogen-bond donors (Lipinski definition) is 1. The van der Waals surface area contributed by atoms with Gasteiger partial charge in [-0.15, -0.1) is 0 Å². The second-order valence-corrected chi connectivity index (χ2v) is 7.47. The number of aryl methyl sites for hydroxylation is 1. The summed E-state index contributed by atoms with van der Waals surface area (Å²) in [7, 11) is 0. The molecule has 0 aliphatic carbocycles. The van der Waals surface area contributed by atoms with Gasteiger partial charge in [-0.25, -0.2) is 0 Å². The molecule has 0 unspecified atom stereocenters. The summed E-state index contributed by atoms with van der Waals surface area (Å²) >= 11 is 8.98. The predicted octanol–water partition coefficient (Wildman–Crippen LogP) is 6.37. The van der Waals surface area contributed by atoms with Crippen molar-refractivity contribution >= 4 is 55.0 Å². The van der Waals surface area contributed by atoms with Gasteiger partial charge in [-0.05, 0) is 42.3 Å². The topological polar surface area (TPSA) is 12.0 Å². The van der Waals surface area contributed by atoms with Gasteiger partial charge in [-0.3, -0.25) is 0 Å². The number of rotatable bonds is 2. The van der Waals surface area contributed by atoms with Crippen molar-refractivity contribution in [3.05, 3.63) is 44.8 Å². The van der Waals surface area contributed by atoms with Crippen LogP contribution in [0.2, 0.25) is 0 Å². The fourth-order valence-electron chi connectivity index (χ4n) is 2.26. The van der Waals surface area contributed by atoms with Crippen LogP contribution in [0.4, 0.5) is 11.4 Å². The number of nitrogens with one attached hydrogen (secondary N) is 1. The number of benzene rings is 2. The van der Waals surface area contributed by atoms with E-state index < -0.39 is 0 Å². The molecule has 1 heterocycles. The van der Waals surface area contributed by atoms with Crippen LogP contribution in [0.25, 0.3) is 0 Å². The highest BCUT2D eigenvalue weighted by atomic mass is 79.9. The molecule has 0 bridgehead atoms. The van der Waals surface area contributed by atoms with Crippen LogP contribution in [0.1, 0.15) is 18.9 Å². The van der Waals surface area contributed by atoms with E-state index in [1.54, 1.807) is 0 Å². The van der Waals surface area contributed by atoms with Crippen LogP contribution in [-0.2, 0) is 6.42 Å². The first kappa shape index (κ1) is 13.5. The highest BCUT2D eigenvalue weighted by molar-refractivity contribution is 9.10. The van der Waals surface area contributed by atoms with Gasteiger partial charge in [0.15, 0.2) is 0 Å². The zero-order chi connectivity index (χ0) is 13.4. The van der Waals surface area contributed by atoms with E-state index in [2.05, 4.69) is 74.4 Å². The number of fused-ring (bicyclic) bond motifs is 2. The minimum Gasteiger partial charge on any atom is -0.353 e. The van der Waals surface area contributed by atoms with Crippen LogP contribution in [-0.4, -0.2) is 0 Å². The van der Waals surface area contributed by atoms with E-state index in [4.69, 9.17) is 0 Å². The maximum Gasteiger partial charge on any atom is 0.0559 e. The molecule has 0 saturated carbocycles. The first-order chi connectivity index (χ1) is 9.17. The minimum atomic E-state index is 1.10. The van der Waals surface area contributed by atoms with Crippen LogP contribution >= 0.6 is 43.6 Å². The van der Waals surface area contributed by atoms with Gasteiger partial charge in [0.1, 0.15) is 0 Å². The molecule has 1 nitrogen and oxygen atoms in total. The van der Waals surface area contributed by atoms with E-state index in [0.717, 1.165) is 21.8 Å². The standard InChI is InChI=1S/C15H13Br2NS/c1-2-3-9-6-11(17)8-14-15(9)18-12-5-4-10(16)7-13(12)19-14/h4-8,18H,2-3H2,1H3. The van der Waals surface area contributed by atoms with Gasteiger partial charge in [0.2, 0.25) is 0 Å². The van der Waals surface area contributed by atoms with Crippen LogP contribution in [0.5, 0.6) is 0 Å². The Kier molecular flexibility index (Phi) is 3.92. The van der Waals surface area contributed by atoms with Crippen molar-refractivity contribution < 1.29 is 0 Å². The Morgan fingerprint density at radius 2 is 1.84 bits per heavy atom. The Bertz CT molecular complexity index is 640. The van der Waals surface area contributed by atoms with Crippen molar-refractivity contribution in [2.75, 3.05) is 5.32 Å². The average molecular weight is 399 g/mol. The average Bonchev–Trinajstić information content (AvgIpc) is 2.37. The molecule has 1 N–H and O–H groups in total. The molecule has 0 aromatic heterocycles. The number of halogens is 2. The number of anilines is 2. The summed E-state index contributed by atoms with van der Waals surface area (Å²) in [6, 6.07) is 10.8. The molecule has 0 fully saturated rings. The van der Waals surface area contributed by atoms with Crippen LogP contribution in [0.15, 0.2) is 49.1 Å². The van der Waals surface area contributed by atoms with Crippen LogP contribution in [0.3, 0.4) is 0 Å². The molecule has 0 amide bonds. The maximum absolute atomic E-state index is 3.62. The lowest BCUT2D eigenvalue weighted by Crippen LogP contribution is -2.03. The van der Waals surface area contributed by atoms with Gasteiger partial charge >= 0.3 is 0 Å². The van der Waals surface area contributed by atoms with Gasteiger partial charge in [-0.1, -0.05) is 57.0 Å². The second-order valence-electron chi connectivity index (χ2n) is 4.56. The molecule has 98 valence electrons. The van der Waals surface area contributed by atoms with E-state index in [1.807, 2.05) is 11.8 Å². The highest BCUT2D eigenvalue weighted by Gasteiger charge is 2.19. The first-order valence-corrected chi connectivity index (χ1v) is 8.64. The normalized spacial score (nSPS) is 12.6. The Hall–Kier alpha value is -0.450. The Morgan fingerprint density at radius 1 is 1.05 bits per heavy atom. The monoisotopic (exact) mass is 397 g/mol. The zero-order valence-electron chi connectivity index (χ0n) is 10.5. The van der Waals surface area contributed by atoms with Crippen molar-refractivity contribution in [3.63, 3.8) is 0 Å². The van der Waals surface area contributed by atoms with Gasteiger partial charge in [0.25, 0.3) is 0 Å². The predicted molar refractivity (Wildman–Crippen MR) is 89.7 cm³/mol. The fourth-order valence-corrected chi connectivity index (χ4v) is 4.55. The summed E-state index contributed by atoms with van der Waals surface area (Å²) in [6.45, 7) is 2.22. The molecule has 1 aliphatic rings. The first-order valence-electron chi connectivity index (χ1n) is 6.24. The summed E-state index contributed by atoms with van der Waals surface area (Å²) < 4.78 is 2.27. The van der Waals surface area contributed by atoms with E-state index in [0.29, 0.717) is 0 Å². The van der Waals surface area contributed by atoms with E-state index >= 15 is 0 Å². The third-order valence-electron chi connectivity index (χ3n) is 3.09. The van der Waals surface area contributed by atoms with E-state index in [-0.39, 0.29) is 0 Å². The lowest BCUT2D eigenvalue weighted by Gasteiger charge is -2.24. The van der Waals surface area contributed by atoms with Crippen LogP contribution in [0, 0.1) is 0 Å². The summed E-state index contributed by atoms with van der Waals surface area (Å²) in [5, 5.41) is 3.59. The molecule has 19 heavy (non-hydrogen) atoms. The third-order valence-corrected chi connectivity index (χ3v) is 5.14. The smallest absolute Gasteiger partial charge is 0.0559 e. The SMILES string of the molecule is CCCc1cc(Br)cc2c1Nc1ccc(Br)cc1S2.